The average Bonchev–Trinajstić information content (AvgIpc) is 2.80. The van der Waals surface area contributed by atoms with Crippen molar-refractivity contribution < 1.29 is 4.74 Å². The number of benzene rings is 1. The van der Waals surface area contributed by atoms with Gasteiger partial charge in [-0.05, 0) is 37.5 Å². The van der Waals surface area contributed by atoms with Crippen molar-refractivity contribution in [3.05, 3.63) is 52.9 Å². The van der Waals surface area contributed by atoms with Gasteiger partial charge in [0.25, 0.3) is 0 Å². The fourth-order valence-corrected chi connectivity index (χ4v) is 3.46. The molecule has 1 aromatic carbocycles. The van der Waals surface area contributed by atoms with Crippen LogP contribution in [0.4, 0.5) is 5.82 Å². The predicted molar refractivity (Wildman–Crippen MR) is 113 cm³/mol. The number of nitrogens with two attached hydrogens (primary N) is 1. The standard InChI is InChI=1S/C21H20ClN7O/c22-19-9-18(21(28-27-19)29-6-2-1-3-7-29)30-17-8-14(10-23)4-5-16(17)20-25-12-15(11-24)13-26-20/h4-5,8-9,12-13H,1-3,6-7,11,24H2. The molecule has 3 aromatic rings. The lowest BCUT2D eigenvalue weighted by atomic mass is 10.1. The number of rotatable bonds is 5. The molecule has 30 heavy (non-hydrogen) atoms. The van der Waals surface area contributed by atoms with E-state index in [1.54, 1.807) is 36.7 Å². The summed E-state index contributed by atoms with van der Waals surface area (Å²) in [6.07, 6.45) is 6.71. The largest absolute Gasteiger partial charge is 0.452 e. The molecular formula is C21H20ClN7O. The average molecular weight is 422 g/mol. The number of halogens is 1. The zero-order chi connectivity index (χ0) is 20.9. The summed E-state index contributed by atoms with van der Waals surface area (Å²) in [5.74, 6) is 2.02. The van der Waals surface area contributed by atoms with Crippen molar-refractivity contribution in [2.45, 2.75) is 25.8 Å². The van der Waals surface area contributed by atoms with E-state index in [-0.39, 0.29) is 5.15 Å². The maximum absolute atomic E-state index is 9.36. The van der Waals surface area contributed by atoms with E-state index >= 15 is 0 Å². The summed E-state index contributed by atoms with van der Waals surface area (Å²) >= 11 is 6.11. The molecule has 2 aromatic heterocycles. The normalized spacial score (nSPS) is 13.7. The van der Waals surface area contributed by atoms with Crippen LogP contribution in [0.15, 0.2) is 36.7 Å². The van der Waals surface area contributed by atoms with Crippen LogP contribution in [0, 0.1) is 11.3 Å². The van der Waals surface area contributed by atoms with E-state index in [4.69, 9.17) is 22.1 Å². The molecule has 1 aliphatic heterocycles. The molecule has 1 saturated heterocycles. The molecule has 0 aliphatic carbocycles. The molecule has 2 N–H and O–H groups in total. The Morgan fingerprint density at radius 3 is 2.53 bits per heavy atom. The van der Waals surface area contributed by atoms with Crippen LogP contribution in [0.2, 0.25) is 5.15 Å². The van der Waals surface area contributed by atoms with E-state index < -0.39 is 0 Å². The Bertz CT molecular complexity index is 1080. The Kier molecular flexibility index (Phi) is 6.02. The number of hydrogen-bond acceptors (Lipinski definition) is 8. The van der Waals surface area contributed by atoms with Gasteiger partial charge < -0.3 is 15.4 Å². The molecule has 9 heteroatoms. The van der Waals surface area contributed by atoms with E-state index in [9.17, 15) is 5.26 Å². The highest BCUT2D eigenvalue weighted by atomic mass is 35.5. The van der Waals surface area contributed by atoms with Crippen molar-refractivity contribution in [2.75, 3.05) is 18.0 Å². The van der Waals surface area contributed by atoms with Gasteiger partial charge in [0.15, 0.2) is 22.5 Å². The Balaban J connectivity index is 1.75. The van der Waals surface area contributed by atoms with Crippen molar-refractivity contribution >= 4 is 17.4 Å². The molecule has 0 bridgehead atoms. The highest BCUT2D eigenvalue weighted by Crippen LogP contribution is 2.37. The van der Waals surface area contributed by atoms with Crippen LogP contribution in [-0.4, -0.2) is 33.3 Å². The first-order valence-corrected chi connectivity index (χ1v) is 10.1. The van der Waals surface area contributed by atoms with Gasteiger partial charge in [-0.1, -0.05) is 11.6 Å². The minimum absolute atomic E-state index is 0.229. The monoisotopic (exact) mass is 421 g/mol. The Labute approximate surface area is 179 Å². The number of anilines is 1. The Hall–Kier alpha value is -3.28. The lowest BCUT2D eigenvalue weighted by Gasteiger charge is -2.28. The molecule has 0 amide bonds. The van der Waals surface area contributed by atoms with E-state index in [2.05, 4.69) is 31.1 Å². The van der Waals surface area contributed by atoms with Crippen LogP contribution in [-0.2, 0) is 6.54 Å². The third kappa shape index (κ3) is 4.32. The molecule has 8 nitrogen and oxygen atoms in total. The summed E-state index contributed by atoms with van der Waals surface area (Å²) in [6, 6.07) is 8.90. The third-order valence-electron chi connectivity index (χ3n) is 4.88. The predicted octanol–water partition coefficient (Wildman–Crippen LogP) is 3.70. The minimum atomic E-state index is 0.229. The zero-order valence-corrected chi connectivity index (χ0v) is 17.0. The van der Waals surface area contributed by atoms with Gasteiger partial charge in [-0.2, -0.15) is 5.26 Å². The molecule has 4 rings (SSSR count). The quantitative estimate of drug-likeness (QED) is 0.663. The lowest BCUT2D eigenvalue weighted by molar-refractivity contribution is 0.472. The van der Waals surface area contributed by atoms with Crippen molar-refractivity contribution in [1.29, 1.82) is 5.26 Å². The van der Waals surface area contributed by atoms with Crippen molar-refractivity contribution in [2.24, 2.45) is 5.73 Å². The van der Waals surface area contributed by atoms with Gasteiger partial charge in [0.1, 0.15) is 5.75 Å². The van der Waals surface area contributed by atoms with Gasteiger partial charge in [-0.15, -0.1) is 10.2 Å². The van der Waals surface area contributed by atoms with Crippen LogP contribution in [0.3, 0.4) is 0 Å². The molecule has 0 unspecified atom stereocenters. The minimum Gasteiger partial charge on any atom is -0.452 e. The third-order valence-corrected chi connectivity index (χ3v) is 5.06. The SMILES string of the molecule is N#Cc1ccc(-c2ncc(CN)cn2)c(Oc2cc(Cl)nnc2N2CCCCC2)c1. The van der Waals surface area contributed by atoms with E-state index in [0.717, 1.165) is 31.5 Å². The molecular weight excluding hydrogens is 402 g/mol. The van der Waals surface area contributed by atoms with E-state index in [0.29, 0.717) is 40.8 Å². The zero-order valence-electron chi connectivity index (χ0n) is 16.3. The molecule has 0 saturated carbocycles. The number of piperidine rings is 1. The summed E-state index contributed by atoms with van der Waals surface area (Å²) < 4.78 is 6.24. The van der Waals surface area contributed by atoms with Crippen molar-refractivity contribution in [3.8, 4) is 29.0 Å². The van der Waals surface area contributed by atoms with Crippen LogP contribution in [0.25, 0.3) is 11.4 Å². The summed E-state index contributed by atoms with van der Waals surface area (Å²) in [7, 11) is 0. The second-order valence-corrected chi connectivity index (χ2v) is 7.33. The van der Waals surface area contributed by atoms with Gasteiger partial charge in [-0.25, -0.2) is 9.97 Å². The van der Waals surface area contributed by atoms with Crippen LogP contribution in [0.5, 0.6) is 11.5 Å². The van der Waals surface area contributed by atoms with Gasteiger partial charge in [-0.3, -0.25) is 0 Å². The first-order valence-electron chi connectivity index (χ1n) is 9.69. The Morgan fingerprint density at radius 1 is 1.07 bits per heavy atom. The number of nitriles is 1. The fraction of sp³-hybridized carbons (Fsp3) is 0.286. The first-order chi connectivity index (χ1) is 14.7. The molecule has 152 valence electrons. The van der Waals surface area contributed by atoms with Crippen LogP contribution < -0.4 is 15.4 Å². The van der Waals surface area contributed by atoms with E-state index in [1.807, 2.05) is 0 Å². The maximum Gasteiger partial charge on any atom is 0.194 e. The van der Waals surface area contributed by atoms with Gasteiger partial charge >= 0.3 is 0 Å². The topological polar surface area (TPSA) is 114 Å². The molecule has 0 atom stereocenters. The van der Waals surface area contributed by atoms with E-state index in [1.165, 1.54) is 6.42 Å². The molecule has 1 aliphatic rings. The fourth-order valence-electron chi connectivity index (χ4n) is 3.32. The molecule has 3 heterocycles. The summed E-state index contributed by atoms with van der Waals surface area (Å²) in [6.45, 7) is 2.11. The Morgan fingerprint density at radius 2 is 1.83 bits per heavy atom. The summed E-state index contributed by atoms with van der Waals surface area (Å²) in [4.78, 5) is 10.9. The molecule has 0 radical (unpaired) electrons. The number of aromatic nitrogens is 4. The summed E-state index contributed by atoms with van der Waals surface area (Å²) in [5.41, 5.74) is 7.57. The summed E-state index contributed by atoms with van der Waals surface area (Å²) in [5, 5.41) is 17.9. The van der Waals surface area contributed by atoms with Gasteiger partial charge in [0, 0.05) is 43.7 Å². The first kappa shape index (κ1) is 20.0. The van der Waals surface area contributed by atoms with Crippen molar-refractivity contribution in [1.82, 2.24) is 20.2 Å². The highest BCUT2D eigenvalue weighted by Gasteiger charge is 2.20. The molecule has 1 fully saturated rings. The lowest BCUT2D eigenvalue weighted by Crippen LogP contribution is -2.30. The highest BCUT2D eigenvalue weighted by molar-refractivity contribution is 6.29. The second kappa shape index (κ2) is 9.03. The van der Waals surface area contributed by atoms with Crippen LogP contribution in [0.1, 0.15) is 30.4 Å². The second-order valence-electron chi connectivity index (χ2n) is 6.95. The number of ether oxygens (including phenoxy) is 1. The van der Waals surface area contributed by atoms with Crippen molar-refractivity contribution in [3.63, 3.8) is 0 Å². The number of nitrogens with zero attached hydrogens (tertiary/aromatic N) is 6. The maximum atomic E-state index is 9.36. The smallest absolute Gasteiger partial charge is 0.194 e. The molecule has 0 spiro atoms. The van der Waals surface area contributed by atoms with Gasteiger partial charge in [0.2, 0.25) is 0 Å². The van der Waals surface area contributed by atoms with Gasteiger partial charge in [0.05, 0.1) is 17.2 Å². The number of hydrogen-bond donors (Lipinski definition) is 1. The van der Waals surface area contributed by atoms with Crippen LogP contribution >= 0.6 is 11.6 Å².